The Hall–Kier alpha value is -1.15. The lowest BCUT2D eigenvalue weighted by Crippen LogP contribution is -2.17. The molecule has 0 aliphatic rings. The van der Waals surface area contributed by atoms with E-state index >= 15 is 0 Å². The molecule has 3 aromatic rings. The average molecular weight is 347 g/mol. The Kier molecular flexibility index (Phi) is 2.15. The molecule has 5 nitrogen and oxygen atoms in total. The Morgan fingerprint density at radius 3 is 3.06 bits per heavy atom. The highest BCUT2D eigenvalue weighted by Gasteiger charge is 2.10. The first-order valence-corrected chi connectivity index (χ1v) is 5.83. The van der Waals surface area contributed by atoms with Crippen LogP contribution in [0.5, 0.6) is 0 Å². The van der Waals surface area contributed by atoms with E-state index < -0.39 is 0 Å². The van der Waals surface area contributed by atoms with E-state index in [1.54, 1.807) is 6.07 Å². The van der Waals surface area contributed by atoms with Gasteiger partial charge in [0.2, 0.25) is 0 Å². The fourth-order valence-corrected chi connectivity index (χ4v) is 2.90. The number of fused-ring (bicyclic) bond motifs is 3. The molecule has 0 fully saturated rings. The number of H-pyrrole nitrogens is 1. The lowest BCUT2D eigenvalue weighted by atomic mass is 10.2. The van der Waals surface area contributed by atoms with Crippen LogP contribution in [-0.4, -0.2) is 19.6 Å². The molecule has 1 N–H and O–H groups in total. The van der Waals surface area contributed by atoms with Crippen LogP contribution in [0.25, 0.3) is 16.6 Å². The van der Waals surface area contributed by atoms with Crippen LogP contribution < -0.4 is 5.69 Å². The molecule has 0 amide bonds. The molecular formula is C9H4ClIN4O. The highest BCUT2D eigenvalue weighted by Crippen LogP contribution is 2.25. The molecule has 0 atom stereocenters. The number of nitrogens with one attached hydrogen (secondary N) is 1. The van der Waals surface area contributed by atoms with E-state index in [0.29, 0.717) is 16.2 Å². The van der Waals surface area contributed by atoms with E-state index in [-0.39, 0.29) is 5.69 Å². The summed E-state index contributed by atoms with van der Waals surface area (Å²) in [5, 5.41) is 5.29. The predicted octanol–water partition coefficient (Wildman–Crippen LogP) is 1.83. The van der Waals surface area contributed by atoms with Gasteiger partial charge in [-0.05, 0) is 34.7 Å². The molecule has 2 aromatic heterocycles. The van der Waals surface area contributed by atoms with E-state index in [1.165, 1.54) is 10.8 Å². The third kappa shape index (κ3) is 1.33. The van der Waals surface area contributed by atoms with Gasteiger partial charge in [-0.1, -0.05) is 11.6 Å². The minimum atomic E-state index is -0.321. The zero-order valence-corrected chi connectivity index (χ0v) is 10.7. The summed E-state index contributed by atoms with van der Waals surface area (Å²) in [6.45, 7) is 0. The zero-order valence-electron chi connectivity index (χ0n) is 7.74. The molecule has 0 aliphatic heterocycles. The van der Waals surface area contributed by atoms with E-state index in [2.05, 4.69) is 37.7 Å². The fraction of sp³-hybridized carbons (Fsp3) is 0. The second-order valence-corrected chi connectivity index (χ2v) is 4.83. The summed E-state index contributed by atoms with van der Waals surface area (Å²) < 4.78 is 2.16. The van der Waals surface area contributed by atoms with Gasteiger partial charge < -0.3 is 4.98 Å². The first-order chi connectivity index (χ1) is 7.66. The Morgan fingerprint density at radius 1 is 1.44 bits per heavy atom. The molecule has 0 saturated carbocycles. The van der Waals surface area contributed by atoms with Crippen molar-refractivity contribution in [3.63, 3.8) is 0 Å². The van der Waals surface area contributed by atoms with Crippen molar-refractivity contribution >= 4 is 50.7 Å². The van der Waals surface area contributed by atoms with Crippen molar-refractivity contribution in [3.05, 3.63) is 37.5 Å². The highest BCUT2D eigenvalue weighted by molar-refractivity contribution is 14.1. The van der Waals surface area contributed by atoms with Gasteiger partial charge in [-0.15, -0.1) is 0 Å². The topological polar surface area (TPSA) is 63.0 Å². The number of aromatic nitrogens is 4. The molecule has 0 aliphatic carbocycles. The van der Waals surface area contributed by atoms with Gasteiger partial charge in [-0.2, -0.15) is 9.61 Å². The van der Waals surface area contributed by atoms with Gasteiger partial charge in [-0.3, -0.25) is 0 Å². The number of halogens is 2. The minimum Gasteiger partial charge on any atom is -0.305 e. The van der Waals surface area contributed by atoms with Crippen LogP contribution >= 0.6 is 34.2 Å². The smallest absolute Gasteiger partial charge is 0.305 e. The van der Waals surface area contributed by atoms with Crippen LogP contribution in [0.1, 0.15) is 0 Å². The van der Waals surface area contributed by atoms with E-state index in [1.807, 2.05) is 6.07 Å². The zero-order chi connectivity index (χ0) is 11.3. The van der Waals surface area contributed by atoms with Crippen molar-refractivity contribution in [3.8, 4) is 0 Å². The van der Waals surface area contributed by atoms with Crippen LogP contribution in [0.4, 0.5) is 0 Å². The van der Waals surface area contributed by atoms with Crippen molar-refractivity contribution in [2.45, 2.75) is 0 Å². The number of benzene rings is 1. The van der Waals surface area contributed by atoms with Gasteiger partial charge in [0.1, 0.15) is 6.33 Å². The molecule has 0 spiro atoms. The maximum absolute atomic E-state index is 11.6. The van der Waals surface area contributed by atoms with Crippen LogP contribution in [-0.2, 0) is 0 Å². The van der Waals surface area contributed by atoms with Gasteiger partial charge in [0.05, 0.1) is 10.9 Å². The monoisotopic (exact) mass is 346 g/mol. The van der Waals surface area contributed by atoms with Gasteiger partial charge in [-0.25, -0.2) is 9.78 Å². The standard InChI is InChI=1S/C9H4ClIN4O/c10-4-1-5(11)7-6(2-4)14-9(16)15-8(7)12-3-13-15/h1-3H,(H,14,16). The Bertz CT molecular complexity index is 763. The molecule has 0 radical (unpaired) electrons. The van der Waals surface area contributed by atoms with Crippen LogP contribution in [0, 0.1) is 3.57 Å². The third-order valence-corrected chi connectivity index (χ3v) is 3.33. The van der Waals surface area contributed by atoms with Crippen LogP contribution in [0.2, 0.25) is 5.02 Å². The van der Waals surface area contributed by atoms with Gasteiger partial charge in [0.25, 0.3) is 0 Å². The highest BCUT2D eigenvalue weighted by atomic mass is 127. The fourth-order valence-electron chi connectivity index (χ4n) is 1.63. The van der Waals surface area contributed by atoms with Crippen molar-refractivity contribution in [2.24, 2.45) is 0 Å². The SMILES string of the molecule is O=c1[nH]c2cc(Cl)cc(I)c2c2ncnn12. The van der Waals surface area contributed by atoms with Gasteiger partial charge in [0, 0.05) is 8.59 Å². The Balaban J connectivity index is 2.70. The molecule has 0 unspecified atom stereocenters. The Morgan fingerprint density at radius 2 is 2.25 bits per heavy atom. The van der Waals surface area contributed by atoms with Crippen molar-refractivity contribution < 1.29 is 0 Å². The van der Waals surface area contributed by atoms with E-state index in [0.717, 1.165) is 8.96 Å². The first kappa shape index (κ1) is 10.0. The summed E-state index contributed by atoms with van der Waals surface area (Å²) in [5.41, 5.74) is 0.889. The summed E-state index contributed by atoms with van der Waals surface area (Å²) in [7, 11) is 0. The largest absolute Gasteiger partial charge is 0.348 e. The molecule has 0 bridgehead atoms. The summed E-state index contributed by atoms with van der Waals surface area (Å²) >= 11 is 8.09. The van der Waals surface area contributed by atoms with E-state index in [4.69, 9.17) is 11.6 Å². The third-order valence-electron chi connectivity index (χ3n) is 2.26. The molecule has 80 valence electrons. The van der Waals surface area contributed by atoms with Crippen LogP contribution in [0.3, 0.4) is 0 Å². The Labute approximate surface area is 108 Å². The summed E-state index contributed by atoms with van der Waals surface area (Å²) in [6, 6.07) is 3.52. The quantitative estimate of drug-likeness (QED) is 0.632. The number of nitrogens with zero attached hydrogens (tertiary/aromatic N) is 3. The second-order valence-electron chi connectivity index (χ2n) is 3.24. The number of rotatable bonds is 0. The summed E-state index contributed by atoms with van der Waals surface area (Å²) in [4.78, 5) is 18.4. The average Bonchev–Trinajstić information content (AvgIpc) is 2.65. The molecule has 1 aromatic carbocycles. The maximum Gasteiger partial charge on any atom is 0.348 e. The maximum atomic E-state index is 11.6. The second kappa shape index (κ2) is 3.42. The van der Waals surface area contributed by atoms with Crippen molar-refractivity contribution in [2.75, 3.05) is 0 Å². The lowest BCUT2D eigenvalue weighted by molar-refractivity contribution is 0.881. The lowest BCUT2D eigenvalue weighted by Gasteiger charge is -2.02. The normalized spacial score (nSPS) is 11.4. The molecule has 3 rings (SSSR count). The minimum absolute atomic E-state index is 0.321. The van der Waals surface area contributed by atoms with Gasteiger partial charge >= 0.3 is 5.69 Å². The van der Waals surface area contributed by atoms with Crippen LogP contribution in [0.15, 0.2) is 23.3 Å². The molecular weight excluding hydrogens is 342 g/mol. The number of aromatic amines is 1. The number of hydrogen-bond donors (Lipinski definition) is 1. The van der Waals surface area contributed by atoms with Crippen molar-refractivity contribution in [1.29, 1.82) is 0 Å². The molecule has 0 saturated heterocycles. The first-order valence-electron chi connectivity index (χ1n) is 4.37. The molecule has 16 heavy (non-hydrogen) atoms. The molecule has 7 heteroatoms. The number of hydrogen-bond acceptors (Lipinski definition) is 3. The molecule has 2 heterocycles. The van der Waals surface area contributed by atoms with Crippen molar-refractivity contribution in [1.82, 2.24) is 19.6 Å². The van der Waals surface area contributed by atoms with E-state index in [9.17, 15) is 4.79 Å². The van der Waals surface area contributed by atoms with Gasteiger partial charge in [0.15, 0.2) is 5.65 Å². The summed E-state index contributed by atoms with van der Waals surface area (Å²) in [6.07, 6.45) is 1.36. The summed E-state index contributed by atoms with van der Waals surface area (Å²) in [5.74, 6) is 0. The predicted molar refractivity (Wildman–Crippen MR) is 68.8 cm³/mol.